The molecule has 0 saturated carbocycles. The molecule has 0 radical (unpaired) electrons. The predicted octanol–water partition coefficient (Wildman–Crippen LogP) is 2.58. The number of anilines is 2. The molecule has 0 unspecified atom stereocenters. The highest BCUT2D eigenvalue weighted by molar-refractivity contribution is 6.43. The third-order valence-corrected chi connectivity index (χ3v) is 2.52. The van der Waals surface area contributed by atoms with Gasteiger partial charge in [0.15, 0.2) is 5.82 Å². The number of hydrogen-bond acceptors (Lipinski definition) is 4. The van der Waals surface area contributed by atoms with Crippen molar-refractivity contribution in [1.82, 2.24) is 5.16 Å². The highest BCUT2D eigenvalue weighted by Crippen LogP contribution is 2.30. The van der Waals surface area contributed by atoms with Crippen LogP contribution >= 0.6 is 0 Å². The Labute approximate surface area is 122 Å². The maximum Gasteiger partial charge on any atom is 0.416 e. The largest absolute Gasteiger partial charge is 0.416 e. The summed E-state index contributed by atoms with van der Waals surface area (Å²) in [6.45, 7) is 1.59. The Morgan fingerprint density at radius 2 is 1.82 bits per heavy atom. The minimum absolute atomic E-state index is 0.0293. The van der Waals surface area contributed by atoms with E-state index in [2.05, 4.69) is 15.8 Å². The van der Waals surface area contributed by atoms with Gasteiger partial charge in [0.05, 0.1) is 5.56 Å². The van der Waals surface area contributed by atoms with E-state index in [0.29, 0.717) is 5.76 Å². The van der Waals surface area contributed by atoms with Gasteiger partial charge in [-0.1, -0.05) is 11.2 Å². The maximum atomic E-state index is 12.5. The van der Waals surface area contributed by atoms with Crippen LogP contribution in [0.4, 0.5) is 24.7 Å². The molecule has 1 heterocycles. The lowest BCUT2D eigenvalue weighted by Crippen LogP contribution is -2.29. The number of benzene rings is 1. The molecule has 6 nitrogen and oxygen atoms in total. The molecule has 0 saturated heterocycles. The Balaban J connectivity index is 2.04. The molecule has 1 aromatic heterocycles. The first kappa shape index (κ1) is 15.5. The molecule has 9 heteroatoms. The van der Waals surface area contributed by atoms with Crippen molar-refractivity contribution in [3.8, 4) is 0 Å². The minimum Gasteiger partial charge on any atom is -0.360 e. The first-order chi connectivity index (χ1) is 10.3. The Hall–Kier alpha value is -2.84. The SMILES string of the molecule is Cc1cc(NC(=O)C(=O)Nc2cccc(C(F)(F)F)c2)no1. The van der Waals surface area contributed by atoms with Crippen molar-refractivity contribution >= 4 is 23.3 Å². The van der Waals surface area contributed by atoms with Gasteiger partial charge in [-0.05, 0) is 25.1 Å². The van der Waals surface area contributed by atoms with Gasteiger partial charge in [0.25, 0.3) is 0 Å². The van der Waals surface area contributed by atoms with E-state index in [-0.39, 0.29) is 11.5 Å². The Bertz CT molecular complexity index is 710. The summed E-state index contributed by atoms with van der Waals surface area (Å²) in [5.41, 5.74) is -1.08. The van der Waals surface area contributed by atoms with Crippen molar-refractivity contribution in [2.45, 2.75) is 13.1 Å². The van der Waals surface area contributed by atoms with Gasteiger partial charge in [-0.3, -0.25) is 14.9 Å². The van der Waals surface area contributed by atoms with Crippen molar-refractivity contribution in [2.75, 3.05) is 10.6 Å². The van der Waals surface area contributed by atoms with Crippen LogP contribution in [-0.2, 0) is 15.8 Å². The lowest BCUT2D eigenvalue weighted by atomic mass is 10.2. The topological polar surface area (TPSA) is 84.2 Å². The standard InChI is InChI=1S/C13H10F3N3O3/c1-7-5-10(19-22-7)18-12(21)11(20)17-9-4-2-3-8(6-9)13(14,15)16/h2-6H,1H3,(H,17,20)(H,18,19,21). The quantitative estimate of drug-likeness (QED) is 0.835. The first-order valence-electron chi connectivity index (χ1n) is 5.98. The third-order valence-electron chi connectivity index (χ3n) is 2.52. The summed E-state index contributed by atoms with van der Waals surface area (Å²) >= 11 is 0. The molecule has 2 rings (SSSR count). The van der Waals surface area contributed by atoms with Gasteiger partial charge in [-0.2, -0.15) is 13.2 Å². The fraction of sp³-hybridized carbons (Fsp3) is 0.154. The second kappa shape index (κ2) is 5.88. The van der Waals surface area contributed by atoms with Crippen molar-refractivity contribution < 1.29 is 27.3 Å². The molecule has 0 bridgehead atoms. The predicted molar refractivity (Wildman–Crippen MR) is 69.9 cm³/mol. The van der Waals surface area contributed by atoms with Gasteiger partial charge >= 0.3 is 18.0 Å². The molecule has 22 heavy (non-hydrogen) atoms. The second-order valence-electron chi connectivity index (χ2n) is 4.31. The van der Waals surface area contributed by atoms with Crippen molar-refractivity contribution in [3.63, 3.8) is 0 Å². The third kappa shape index (κ3) is 3.84. The molecule has 0 aliphatic heterocycles. The number of alkyl halides is 3. The number of amides is 2. The van der Waals surface area contributed by atoms with E-state index in [4.69, 9.17) is 4.52 Å². The number of halogens is 3. The van der Waals surface area contributed by atoms with Gasteiger partial charge in [-0.15, -0.1) is 0 Å². The second-order valence-corrected chi connectivity index (χ2v) is 4.31. The highest BCUT2D eigenvalue weighted by atomic mass is 19.4. The summed E-state index contributed by atoms with van der Waals surface area (Å²) in [5, 5.41) is 7.68. The van der Waals surface area contributed by atoms with Crippen molar-refractivity contribution in [1.29, 1.82) is 0 Å². The van der Waals surface area contributed by atoms with E-state index in [1.807, 2.05) is 0 Å². The fourth-order valence-corrected chi connectivity index (χ4v) is 1.56. The van der Waals surface area contributed by atoms with E-state index in [9.17, 15) is 22.8 Å². The molecule has 0 aliphatic carbocycles. The van der Waals surface area contributed by atoms with Crippen LogP contribution in [-0.4, -0.2) is 17.0 Å². The molecule has 0 aliphatic rings. The fourth-order valence-electron chi connectivity index (χ4n) is 1.56. The minimum atomic E-state index is -4.54. The molecular weight excluding hydrogens is 303 g/mol. The van der Waals surface area contributed by atoms with Gasteiger partial charge in [-0.25, -0.2) is 0 Å². The zero-order valence-corrected chi connectivity index (χ0v) is 11.2. The van der Waals surface area contributed by atoms with Crippen LogP contribution in [0.15, 0.2) is 34.9 Å². The Kier molecular flexibility index (Phi) is 4.15. The van der Waals surface area contributed by atoms with Gasteiger partial charge in [0.1, 0.15) is 5.76 Å². The summed E-state index contributed by atoms with van der Waals surface area (Å²) in [5.74, 6) is -1.75. The smallest absolute Gasteiger partial charge is 0.360 e. The van der Waals surface area contributed by atoms with Crippen molar-refractivity contribution in [2.24, 2.45) is 0 Å². The summed E-state index contributed by atoms with van der Waals surface area (Å²) in [6, 6.07) is 5.33. The molecule has 1 aromatic carbocycles. The molecule has 0 fully saturated rings. The van der Waals surface area contributed by atoms with Crippen LogP contribution < -0.4 is 10.6 Å². The zero-order valence-electron chi connectivity index (χ0n) is 11.2. The van der Waals surface area contributed by atoms with Crippen LogP contribution in [0.2, 0.25) is 0 Å². The van der Waals surface area contributed by atoms with Crippen LogP contribution in [0.1, 0.15) is 11.3 Å². The zero-order chi connectivity index (χ0) is 16.3. The Morgan fingerprint density at radius 1 is 1.14 bits per heavy atom. The number of hydrogen-bond donors (Lipinski definition) is 2. The van der Waals surface area contributed by atoms with E-state index < -0.39 is 23.6 Å². The summed E-state index contributed by atoms with van der Waals surface area (Å²) in [4.78, 5) is 23.2. The number of aromatic nitrogens is 1. The summed E-state index contributed by atoms with van der Waals surface area (Å²) in [7, 11) is 0. The summed E-state index contributed by atoms with van der Waals surface area (Å²) in [6.07, 6.45) is -4.54. The first-order valence-corrected chi connectivity index (χ1v) is 5.98. The number of carbonyl (C=O) groups is 2. The van der Waals surface area contributed by atoms with Crippen LogP contribution in [0.25, 0.3) is 0 Å². The van der Waals surface area contributed by atoms with Crippen LogP contribution in [0.3, 0.4) is 0 Å². The molecule has 2 N–H and O–H groups in total. The lowest BCUT2D eigenvalue weighted by molar-refractivity contribution is -0.137. The molecule has 0 atom stereocenters. The van der Waals surface area contributed by atoms with Crippen molar-refractivity contribution in [3.05, 3.63) is 41.7 Å². The van der Waals surface area contributed by atoms with E-state index >= 15 is 0 Å². The van der Waals surface area contributed by atoms with E-state index in [1.54, 1.807) is 6.92 Å². The van der Waals surface area contributed by atoms with Gasteiger partial charge in [0.2, 0.25) is 0 Å². The van der Waals surface area contributed by atoms with Gasteiger partial charge < -0.3 is 9.84 Å². The molecule has 116 valence electrons. The van der Waals surface area contributed by atoms with E-state index in [0.717, 1.165) is 18.2 Å². The molecular formula is C13H10F3N3O3. The molecule has 2 amide bonds. The Morgan fingerprint density at radius 3 is 2.41 bits per heavy atom. The number of aryl methyl sites for hydroxylation is 1. The number of rotatable bonds is 2. The van der Waals surface area contributed by atoms with Gasteiger partial charge in [0, 0.05) is 11.8 Å². The maximum absolute atomic E-state index is 12.5. The normalized spacial score (nSPS) is 11.1. The number of carbonyl (C=O) groups excluding carboxylic acids is 2. The highest BCUT2D eigenvalue weighted by Gasteiger charge is 2.30. The molecule has 2 aromatic rings. The summed E-state index contributed by atoms with van der Waals surface area (Å²) < 4.78 is 42.3. The van der Waals surface area contributed by atoms with E-state index in [1.165, 1.54) is 12.1 Å². The van der Waals surface area contributed by atoms with Crippen LogP contribution in [0, 0.1) is 6.92 Å². The lowest BCUT2D eigenvalue weighted by Gasteiger charge is -2.09. The number of nitrogens with one attached hydrogen (secondary N) is 2. The number of nitrogens with zero attached hydrogens (tertiary/aromatic N) is 1. The monoisotopic (exact) mass is 313 g/mol. The van der Waals surface area contributed by atoms with Crippen LogP contribution in [0.5, 0.6) is 0 Å². The molecule has 0 spiro atoms. The average Bonchev–Trinajstić information content (AvgIpc) is 2.83. The average molecular weight is 313 g/mol.